The maximum absolute atomic E-state index is 12.0. The molecule has 0 aliphatic carbocycles. The third kappa shape index (κ3) is 6.82. The monoisotopic (exact) mass is 408 g/mol. The van der Waals surface area contributed by atoms with E-state index in [2.05, 4.69) is 9.97 Å². The van der Waals surface area contributed by atoms with Crippen LogP contribution in [0, 0.1) is 0 Å². The molecule has 0 aliphatic heterocycles. The van der Waals surface area contributed by atoms with Crippen molar-refractivity contribution in [3.63, 3.8) is 0 Å². The zero-order valence-corrected chi connectivity index (χ0v) is 21.0. The minimum atomic E-state index is -2.33. The van der Waals surface area contributed by atoms with E-state index in [1.165, 1.54) is 4.57 Å². The number of nitrogens with one attached hydrogen (secondary N) is 1. The molecule has 0 saturated heterocycles. The Bertz CT molecular complexity index is 962. The molecule has 3 rings (SSSR count). The average molecular weight is 408 g/mol. The Kier molecular flexibility index (Phi) is 12.3. The summed E-state index contributed by atoms with van der Waals surface area (Å²) in [5, 5.41) is 16.7. The van der Waals surface area contributed by atoms with Gasteiger partial charge in [0.25, 0.3) is 5.56 Å². The molecular weight excluding hydrogens is 394 g/mol. The zero-order valence-electron chi connectivity index (χ0n) is 14.8. The predicted molar refractivity (Wildman–Crippen MR) is 81.2 cm³/mol. The molecule has 1 aromatic carbocycles. The van der Waals surface area contributed by atoms with Crippen LogP contribution < -0.4 is 124 Å². The number of hydrogen-bond acceptors (Lipinski definition) is 6. The molecular formula is C15H14K2N4O5. The van der Waals surface area contributed by atoms with E-state index in [-0.39, 0.29) is 103 Å². The largest absolute Gasteiger partial charge is 1.00 e. The molecule has 1 N–H and O–H groups in total. The van der Waals surface area contributed by atoms with E-state index in [9.17, 15) is 9.59 Å². The van der Waals surface area contributed by atoms with Crippen LogP contribution in [0.15, 0.2) is 46.2 Å². The van der Waals surface area contributed by atoms with Gasteiger partial charge in [-0.25, -0.2) is 9.78 Å². The number of aromatic nitrogens is 4. The summed E-state index contributed by atoms with van der Waals surface area (Å²) in [6.07, 6.45) is -0.738. The van der Waals surface area contributed by atoms with Crippen LogP contribution in [0.4, 0.5) is 4.79 Å². The Labute approximate surface area is 233 Å². The second kappa shape index (κ2) is 12.4. The van der Waals surface area contributed by atoms with Gasteiger partial charge in [0.1, 0.15) is 0 Å². The summed E-state index contributed by atoms with van der Waals surface area (Å²) < 4.78 is 3.22. The molecule has 0 bridgehead atoms. The summed E-state index contributed by atoms with van der Waals surface area (Å²) >= 11 is 0. The second-order valence-corrected chi connectivity index (χ2v) is 4.78. The number of nitrogens with zero attached hydrogens (tertiary/aromatic N) is 3. The van der Waals surface area contributed by atoms with Crippen LogP contribution in [0.5, 0.6) is 0 Å². The van der Waals surface area contributed by atoms with E-state index in [1.807, 2.05) is 37.3 Å². The van der Waals surface area contributed by atoms with Gasteiger partial charge in [-0.15, -0.1) is 0 Å². The number of imidazole rings is 1. The first kappa shape index (κ1) is 25.9. The van der Waals surface area contributed by atoms with Crippen LogP contribution in [0.3, 0.4) is 0 Å². The molecule has 2 aromatic heterocycles. The third-order valence-electron chi connectivity index (χ3n) is 3.27. The Morgan fingerprint density at radius 1 is 1.15 bits per heavy atom. The van der Waals surface area contributed by atoms with Crippen LogP contribution in [0.1, 0.15) is 12.5 Å². The smallest absolute Gasteiger partial charge is 0.652 e. The molecule has 11 heteroatoms. The molecule has 0 unspecified atom stereocenters. The molecule has 2 heterocycles. The van der Waals surface area contributed by atoms with Gasteiger partial charge in [0, 0.05) is 13.1 Å². The number of rotatable bonds is 3. The normalized spacial score (nSPS) is 9.42. The quantitative estimate of drug-likeness (QED) is 0.428. The minimum absolute atomic E-state index is 0. The fraction of sp³-hybridized carbons (Fsp3) is 0.200. The second-order valence-electron chi connectivity index (χ2n) is 4.78. The van der Waals surface area contributed by atoms with E-state index in [0.717, 1.165) is 5.56 Å². The summed E-state index contributed by atoms with van der Waals surface area (Å²) in [5.41, 5.74) is 1.10. The van der Waals surface area contributed by atoms with E-state index < -0.39 is 17.4 Å². The van der Waals surface area contributed by atoms with E-state index in [1.54, 1.807) is 10.9 Å². The van der Waals surface area contributed by atoms with Gasteiger partial charge in [-0.3, -0.25) is 14.3 Å². The Morgan fingerprint density at radius 2 is 1.73 bits per heavy atom. The summed E-state index contributed by atoms with van der Waals surface area (Å²) in [6.45, 7) is 2.85. The van der Waals surface area contributed by atoms with Gasteiger partial charge in [-0.2, -0.15) is 0 Å². The van der Waals surface area contributed by atoms with Gasteiger partial charge in [0.05, 0.1) is 6.33 Å². The Balaban J connectivity index is 0.000000951. The van der Waals surface area contributed by atoms with Crippen molar-refractivity contribution in [1.29, 1.82) is 0 Å². The van der Waals surface area contributed by atoms with Crippen molar-refractivity contribution in [3.8, 4) is 0 Å². The molecule has 3 aromatic rings. The number of benzene rings is 1. The van der Waals surface area contributed by atoms with Gasteiger partial charge in [0.2, 0.25) is 0 Å². The van der Waals surface area contributed by atoms with E-state index in [4.69, 9.17) is 15.0 Å². The van der Waals surface area contributed by atoms with E-state index in [0.29, 0.717) is 24.3 Å². The molecule has 0 atom stereocenters. The molecule has 0 saturated carbocycles. The van der Waals surface area contributed by atoms with Gasteiger partial charge in [0.15, 0.2) is 11.2 Å². The van der Waals surface area contributed by atoms with Gasteiger partial charge in [-0.05, 0) is 18.6 Å². The van der Waals surface area contributed by atoms with Crippen molar-refractivity contribution in [3.05, 3.63) is 63.1 Å². The number of fused-ring (bicyclic) bond motifs is 1. The third-order valence-corrected chi connectivity index (χ3v) is 3.27. The molecule has 9 nitrogen and oxygen atoms in total. The molecule has 0 fully saturated rings. The van der Waals surface area contributed by atoms with Crippen LogP contribution >= 0.6 is 0 Å². The van der Waals surface area contributed by atoms with Crippen LogP contribution in [-0.4, -0.2) is 25.3 Å². The number of carbonyl (C=O) groups excluding carboxylic acids is 1. The van der Waals surface area contributed by atoms with Crippen LogP contribution in [-0.2, 0) is 13.1 Å². The number of carbonyl (C=O) groups is 1. The van der Waals surface area contributed by atoms with Crippen molar-refractivity contribution >= 4 is 17.3 Å². The van der Waals surface area contributed by atoms with Gasteiger partial charge >= 0.3 is 108 Å². The fourth-order valence-electron chi connectivity index (χ4n) is 2.31. The molecule has 0 spiro atoms. The van der Waals surface area contributed by atoms with Crippen LogP contribution in [0.25, 0.3) is 11.2 Å². The zero-order chi connectivity index (χ0) is 17.7. The van der Waals surface area contributed by atoms with Crippen molar-refractivity contribution < 1.29 is 118 Å². The maximum Gasteiger partial charge on any atom is 1.00 e. The molecule has 126 valence electrons. The number of H-pyrrole nitrogens is 1. The Hall–Kier alpha value is -0.0873. The number of aryl methyl sites for hydroxylation is 1. The summed E-state index contributed by atoms with van der Waals surface area (Å²) in [4.78, 5) is 38.6. The molecule has 0 aliphatic rings. The van der Waals surface area contributed by atoms with Crippen molar-refractivity contribution in [2.24, 2.45) is 0 Å². The summed E-state index contributed by atoms with van der Waals surface area (Å²) in [5.74, 6) is 0. The number of aromatic amines is 1. The number of hydrogen-bond donors (Lipinski definition) is 1. The number of carboxylic acid groups (broad SMARTS) is 2. The minimum Gasteiger partial charge on any atom is -0.652 e. The van der Waals surface area contributed by atoms with Crippen LogP contribution in [0.2, 0.25) is 0 Å². The maximum atomic E-state index is 12.0. The van der Waals surface area contributed by atoms with Crippen molar-refractivity contribution in [2.45, 2.75) is 20.0 Å². The molecule has 0 radical (unpaired) electrons. The van der Waals surface area contributed by atoms with E-state index >= 15 is 0 Å². The first-order valence-corrected chi connectivity index (χ1v) is 7.04. The SMILES string of the molecule is CCn1c(=O)[nH]c(=O)c2c1ncn2Cc1ccccc1.O=C([O-])[O-].[K+].[K+]. The molecule has 0 amide bonds. The average Bonchev–Trinajstić information content (AvgIpc) is 2.92. The summed E-state index contributed by atoms with van der Waals surface area (Å²) in [6, 6.07) is 9.80. The van der Waals surface area contributed by atoms with Gasteiger partial charge < -0.3 is 19.6 Å². The summed E-state index contributed by atoms with van der Waals surface area (Å²) in [7, 11) is 0. The van der Waals surface area contributed by atoms with Crippen molar-refractivity contribution in [1.82, 2.24) is 19.1 Å². The van der Waals surface area contributed by atoms with Crippen molar-refractivity contribution in [2.75, 3.05) is 0 Å². The first-order valence-electron chi connectivity index (χ1n) is 7.04. The first-order chi connectivity index (χ1) is 11.4. The predicted octanol–water partition coefficient (Wildman–Crippen LogP) is -7.48. The topological polar surface area (TPSA) is 136 Å². The Morgan fingerprint density at radius 3 is 2.27 bits per heavy atom. The standard InChI is InChI=1S/C14H14N4O2.CH2O3.2K/c1-2-18-12-11(13(19)16-14(18)20)17(9-15-12)8-10-6-4-3-5-7-10;2-1(3)4;;/h3-7,9H,2,8H2,1H3,(H,16,19,20);(H2,2,3,4);;/q;;2*+1/p-2. The molecule has 26 heavy (non-hydrogen) atoms. The van der Waals surface area contributed by atoms with Gasteiger partial charge in [-0.1, -0.05) is 30.3 Å². The fourth-order valence-corrected chi connectivity index (χ4v) is 2.31.